The Morgan fingerprint density at radius 3 is 2.39 bits per heavy atom. The Bertz CT molecular complexity index is 693. The van der Waals surface area contributed by atoms with Crippen LogP contribution in [-0.4, -0.2) is 19.8 Å². The Labute approximate surface area is 141 Å². The topological polar surface area (TPSA) is 51.5 Å². The van der Waals surface area contributed by atoms with E-state index < -0.39 is 0 Å². The molecule has 0 aliphatic heterocycles. The number of nitriles is 1. The van der Waals surface area contributed by atoms with Crippen molar-refractivity contribution < 1.29 is 14.2 Å². The highest BCUT2D eigenvalue weighted by molar-refractivity contribution is 6.32. The quantitative estimate of drug-likeness (QED) is 0.707. The van der Waals surface area contributed by atoms with Crippen LogP contribution in [0.25, 0.3) is 0 Å². The van der Waals surface area contributed by atoms with Crippen molar-refractivity contribution in [2.75, 3.05) is 19.8 Å². The zero-order chi connectivity index (χ0) is 16.7. The van der Waals surface area contributed by atoms with Gasteiger partial charge in [-0.1, -0.05) is 29.3 Å². The molecule has 0 spiro atoms. The fourth-order valence-electron chi connectivity index (χ4n) is 1.97. The summed E-state index contributed by atoms with van der Waals surface area (Å²) in [6.07, 6.45) is 0. The summed E-state index contributed by atoms with van der Waals surface area (Å²) in [7, 11) is 0. The lowest BCUT2D eigenvalue weighted by Crippen LogP contribution is -2.10. The van der Waals surface area contributed by atoms with Gasteiger partial charge in [-0.2, -0.15) is 5.26 Å². The van der Waals surface area contributed by atoms with Crippen LogP contribution < -0.4 is 14.2 Å². The fourth-order valence-corrected chi connectivity index (χ4v) is 2.24. The van der Waals surface area contributed by atoms with Gasteiger partial charge in [0.05, 0.1) is 23.3 Å². The number of hydrogen-bond acceptors (Lipinski definition) is 4. The third kappa shape index (κ3) is 4.80. The summed E-state index contributed by atoms with van der Waals surface area (Å²) < 4.78 is 16.8. The molecule has 120 valence electrons. The molecule has 0 bridgehead atoms. The second kappa shape index (κ2) is 8.30. The van der Waals surface area contributed by atoms with Crippen molar-refractivity contribution in [1.29, 1.82) is 5.26 Å². The van der Waals surface area contributed by atoms with Gasteiger partial charge in [0.25, 0.3) is 0 Å². The first kappa shape index (κ1) is 17.0. The van der Waals surface area contributed by atoms with Gasteiger partial charge in [-0.3, -0.25) is 0 Å². The molecule has 0 radical (unpaired) electrons. The van der Waals surface area contributed by atoms with Crippen molar-refractivity contribution in [3.8, 4) is 23.3 Å². The van der Waals surface area contributed by atoms with Crippen LogP contribution in [0.4, 0.5) is 0 Å². The van der Waals surface area contributed by atoms with Crippen LogP contribution in [0.3, 0.4) is 0 Å². The summed E-state index contributed by atoms with van der Waals surface area (Å²) in [5.74, 6) is 1.68. The highest BCUT2D eigenvalue weighted by atomic mass is 35.5. The van der Waals surface area contributed by atoms with E-state index in [9.17, 15) is 0 Å². The van der Waals surface area contributed by atoms with Gasteiger partial charge in [0.15, 0.2) is 11.5 Å². The minimum absolute atomic E-state index is 0.319. The average Bonchev–Trinajstić information content (AvgIpc) is 2.55. The fraction of sp³-hybridized carbons (Fsp3) is 0.278. The van der Waals surface area contributed by atoms with E-state index in [-0.39, 0.29) is 0 Å². The minimum Gasteiger partial charge on any atom is -0.490 e. The molecule has 0 N–H and O–H groups in total. The van der Waals surface area contributed by atoms with Gasteiger partial charge in [0.1, 0.15) is 19.0 Å². The molecule has 23 heavy (non-hydrogen) atoms. The van der Waals surface area contributed by atoms with Crippen LogP contribution in [0, 0.1) is 18.3 Å². The molecule has 0 amide bonds. The lowest BCUT2D eigenvalue weighted by Gasteiger charge is -2.14. The SMILES string of the molecule is CCOc1cc(C#N)cc(Cl)c1OCCOc1ccc(C)cc1. The van der Waals surface area contributed by atoms with E-state index in [0.717, 1.165) is 5.75 Å². The summed E-state index contributed by atoms with van der Waals surface area (Å²) in [5.41, 5.74) is 1.61. The van der Waals surface area contributed by atoms with Gasteiger partial charge >= 0.3 is 0 Å². The zero-order valence-corrected chi connectivity index (χ0v) is 13.9. The smallest absolute Gasteiger partial charge is 0.179 e. The normalized spacial score (nSPS) is 10.0. The van der Waals surface area contributed by atoms with Crippen molar-refractivity contribution in [3.05, 3.63) is 52.5 Å². The first-order chi connectivity index (χ1) is 11.1. The van der Waals surface area contributed by atoms with E-state index in [4.69, 9.17) is 31.1 Å². The zero-order valence-electron chi connectivity index (χ0n) is 13.1. The molecule has 0 atom stereocenters. The molecule has 0 heterocycles. The molecular formula is C18H18ClNO3. The maximum Gasteiger partial charge on any atom is 0.179 e. The Balaban J connectivity index is 1.97. The highest BCUT2D eigenvalue weighted by Crippen LogP contribution is 2.36. The molecule has 4 nitrogen and oxygen atoms in total. The lowest BCUT2D eigenvalue weighted by molar-refractivity contribution is 0.208. The van der Waals surface area contributed by atoms with Crippen LogP contribution in [0.1, 0.15) is 18.1 Å². The predicted octanol–water partition coefficient (Wildman–Crippen LogP) is 4.38. The van der Waals surface area contributed by atoms with Gasteiger partial charge in [-0.25, -0.2) is 0 Å². The minimum atomic E-state index is 0.319. The molecule has 0 aromatic heterocycles. The second-order valence-corrected chi connectivity index (χ2v) is 5.25. The summed E-state index contributed by atoms with van der Waals surface area (Å²) in [4.78, 5) is 0. The number of ether oxygens (including phenoxy) is 3. The number of halogens is 1. The van der Waals surface area contributed by atoms with Gasteiger partial charge in [0, 0.05) is 6.07 Å². The summed E-state index contributed by atoms with van der Waals surface area (Å²) in [6, 6.07) is 13.0. The number of rotatable bonds is 7. The van der Waals surface area contributed by atoms with Crippen LogP contribution in [-0.2, 0) is 0 Å². The first-order valence-corrected chi connectivity index (χ1v) is 7.70. The molecule has 2 aromatic rings. The Hall–Kier alpha value is -2.38. The van der Waals surface area contributed by atoms with E-state index in [2.05, 4.69) is 0 Å². The van der Waals surface area contributed by atoms with Crippen LogP contribution >= 0.6 is 11.6 Å². The molecule has 0 aliphatic rings. The molecule has 0 unspecified atom stereocenters. The molecule has 0 aliphatic carbocycles. The third-order valence-corrected chi connectivity index (χ3v) is 3.34. The number of aryl methyl sites for hydroxylation is 1. The average molecular weight is 332 g/mol. The van der Waals surface area contributed by atoms with Crippen LogP contribution in [0.15, 0.2) is 36.4 Å². The summed E-state index contributed by atoms with van der Waals surface area (Å²) in [5, 5.41) is 9.33. The van der Waals surface area contributed by atoms with Crippen LogP contribution in [0.5, 0.6) is 17.2 Å². The second-order valence-electron chi connectivity index (χ2n) is 4.84. The maximum absolute atomic E-state index is 8.98. The van der Waals surface area contributed by atoms with Crippen molar-refractivity contribution >= 4 is 11.6 Å². The van der Waals surface area contributed by atoms with E-state index in [1.807, 2.05) is 44.2 Å². The number of hydrogen-bond donors (Lipinski definition) is 0. The van der Waals surface area contributed by atoms with E-state index in [1.54, 1.807) is 12.1 Å². The summed E-state index contributed by atoms with van der Waals surface area (Å²) >= 11 is 6.17. The third-order valence-electron chi connectivity index (χ3n) is 3.06. The first-order valence-electron chi connectivity index (χ1n) is 7.32. The molecule has 2 aromatic carbocycles. The van der Waals surface area contributed by atoms with Crippen molar-refractivity contribution in [1.82, 2.24) is 0 Å². The summed E-state index contributed by atoms with van der Waals surface area (Å²) in [6.45, 7) is 5.04. The number of nitrogens with zero attached hydrogens (tertiary/aromatic N) is 1. The Morgan fingerprint density at radius 2 is 1.74 bits per heavy atom. The molecular weight excluding hydrogens is 314 g/mol. The molecule has 5 heteroatoms. The molecule has 0 fully saturated rings. The van der Waals surface area contributed by atoms with Crippen molar-refractivity contribution in [2.24, 2.45) is 0 Å². The molecule has 2 rings (SSSR count). The van der Waals surface area contributed by atoms with E-state index in [1.165, 1.54) is 5.56 Å². The lowest BCUT2D eigenvalue weighted by atomic mass is 10.2. The molecule has 0 saturated heterocycles. The Morgan fingerprint density at radius 1 is 1.04 bits per heavy atom. The maximum atomic E-state index is 8.98. The van der Waals surface area contributed by atoms with E-state index >= 15 is 0 Å². The standard InChI is InChI=1S/C18H18ClNO3/c1-3-21-17-11-14(12-20)10-16(19)18(17)23-9-8-22-15-6-4-13(2)5-7-15/h4-7,10-11H,3,8-9H2,1-2H3. The Kier molecular flexibility index (Phi) is 6.13. The molecule has 0 saturated carbocycles. The largest absolute Gasteiger partial charge is 0.490 e. The highest BCUT2D eigenvalue weighted by Gasteiger charge is 2.12. The van der Waals surface area contributed by atoms with Crippen molar-refractivity contribution in [3.63, 3.8) is 0 Å². The van der Waals surface area contributed by atoms with Crippen LogP contribution in [0.2, 0.25) is 5.02 Å². The number of benzene rings is 2. The van der Waals surface area contributed by atoms with Gasteiger partial charge in [-0.05, 0) is 32.0 Å². The van der Waals surface area contributed by atoms with Gasteiger partial charge < -0.3 is 14.2 Å². The van der Waals surface area contributed by atoms with Gasteiger partial charge in [-0.15, -0.1) is 0 Å². The van der Waals surface area contributed by atoms with Gasteiger partial charge in [0.2, 0.25) is 0 Å². The van der Waals surface area contributed by atoms with Crippen molar-refractivity contribution in [2.45, 2.75) is 13.8 Å². The van der Waals surface area contributed by atoms with E-state index in [0.29, 0.717) is 41.9 Å². The predicted molar refractivity (Wildman–Crippen MR) is 89.5 cm³/mol. The monoisotopic (exact) mass is 331 g/mol.